The van der Waals surface area contributed by atoms with Gasteiger partial charge in [0.15, 0.2) is 5.96 Å². The normalized spacial score (nSPS) is 23.7. The van der Waals surface area contributed by atoms with E-state index in [4.69, 9.17) is 14.5 Å². The number of aliphatic imine (C=N–C) groups is 1. The van der Waals surface area contributed by atoms with Gasteiger partial charge in [-0.05, 0) is 26.3 Å². The zero-order valence-electron chi connectivity index (χ0n) is 17.3. The van der Waals surface area contributed by atoms with Crippen LogP contribution < -0.4 is 5.32 Å². The third-order valence-electron chi connectivity index (χ3n) is 5.33. The summed E-state index contributed by atoms with van der Waals surface area (Å²) in [6, 6.07) is 0.518. The minimum Gasteiger partial charge on any atom is -0.383 e. The highest BCUT2D eigenvalue weighted by Crippen LogP contribution is 2.22. The van der Waals surface area contributed by atoms with Gasteiger partial charge in [0.1, 0.15) is 6.10 Å². The molecule has 0 amide bonds. The third kappa shape index (κ3) is 6.30. The van der Waals surface area contributed by atoms with Gasteiger partial charge in [-0.25, -0.2) is 0 Å². The molecule has 1 N–H and O–H groups in total. The van der Waals surface area contributed by atoms with E-state index >= 15 is 0 Å². The van der Waals surface area contributed by atoms with Crippen LogP contribution in [0.5, 0.6) is 0 Å². The standard InChI is InChI=1S/C19H34N6O2.HI/c1-4-20-19(21-13-17-6-5-7-24(17)8-10-26-3)25-9-11-27-18(15-25)16-12-22-23(2)14-16;/h12,14,17-18H,4-11,13,15H2,1-3H3,(H,20,21);1H. The Morgan fingerprint density at radius 3 is 3.00 bits per heavy atom. The first-order chi connectivity index (χ1) is 13.2. The SMILES string of the molecule is CCNC(=NCC1CCCN1CCOC)N1CCOC(c2cnn(C)c2)C1.I. The Morgan fingerprint density at radius 2 is 2.29 bits per heavy atom. The largest absolute Gasteiger partial charge is 0.383 e. The van der Waals surface area contributed by atoms with Crippen molar-refractivity contribution in [3.8, 4) is 0 Å². The molecule has 0 bridgehead atoms. The number of rotatable bonds is 7. The summed E-state index contributed by atoms with van der Waals surface area (Å²) in [6.45, 7) is 9.12. The Hall–Kier alpha value is -0.910. The monoisotopic (exact) mass is 506 g/mol. The Bertz CT molecular complexity index is 611. The molecule has 8 nitrogen and oxygen atoms in total. The molecule has 2 fully saturated rings. The molecule has 2 atom stereocenters. The molecule has 2 saturated heterocycles. The maximum Gasteiger partial charge on any atom is 0.194 e. The summed E-state index contributed by atoms with van der Waals surface area (Å²) in [5.74, 6) is 0.994. The lowest BCUT2D eigenvalue weighted by molar-refractivity contribution is -0.00807. The van der Waals surface area contributed by atoms with Gasteiger partial charge in [-0.2, -0.15) is 5.10 Å². The second-order valence-electron chi connectivity index (χ2n) is 7.27. The number of methoxy groups -OCH3 is 1. The van der Waals surface area contributed by atoms with Crippen molar-refractivity contribution >= 4 is 29.9 Å². The van der Waals surface area contributed by atoms with Crippen LogP contribution in [0.1, 0.15) is 31.4 Å². The molecule has 0 saturated carbocycles. The molecule has 9 heteroatoms. The summed E-state index contributed by atoms with van der Waals surface area (Å²) < 4.78 is 13.0. The van der Waals surface area contributed by atoms with Crippen LogP contribution in [0.2, 0.25) is 0 Å². The highest BCUT2D eigenvalue weighted by atomic mass is 127. The average molecular weight is 506 g/mol. The first kappa shape index (κ1) is 23.4. The molecule has 1 aromatic heterocycles. The summed E-state index contributed by atoms with van der Waals surface area (Å²) in [4.78, 5) is 9.81. The van der Waals surface area contributed by atoms with Crippen molar-refractivity contribution in [2.75, 3.05) is 59.6 Å². The molecule has 0 aromatic carbocycles. The van der Waals surface area contributed by atoms with Crippen LogP contribution in [0.15, 0.2) is 17.4 Å². The first-order valence-electron chi connectivity index (χ1n) is 10.1. The number of halogens is 1. The fourth-order valence-electron chi connectivity index (χ4n) is 3.87. The number of likely N-dealkylation sites (tertiary alicyclic amines) is 1. The predicted octanol–water partition coefficient (Wildman–Crippen LogP) is 1.49. The van der Waals surface area contributed by atoms with Crippen molar-refractivity contribution < 1.29 is 9.47 Å². The minimum atomic E-state index is 0. The Kier molecular flexibility index (Phi) is 9.96. The van der Waals surface area contributed by atoms with Crippen LogP contribution in [0.25, 0.3) is 0 Å². The van der Waals surface area contributed by atoms with Crippen molar-refractivity contribution in [2.45, 2.75) is 31.9 Å². The Labute approximate surface area is 185 Å². The fraction of sp³-hybridized carbons (Fsp3) is 0.789. The smallest absolute Gasteiger partial charge is 0.194 e. The van der Waals surface area contributed by atoms with Gasteiger partial charge in [0.05, 0.1) is 32.5 Å². The zero-order valence-corrected chi connectivity index (χ0v) is 19.7. The zero-order chi connectivity index (χ0) is 19.1. The van der Waals surface area contributed by atoms with Gasteiger partial charge >= 0.3 is 0 Å². The van der Waals surface area contributed by atoms with Crippen LogP contribution in [0, 0.1) is 0 Å². The second-order valence-corrected chi connectivity index (χ2v) is 7.27. The van der Waals surface area contributed by atoms with Crippen molar-refractivity contribution in [3.05, 3.63) is 18.0 Å². The summed E-state index contributed by atoms with van der Waals surface area (Å²) in [5.41, 5.74) is 1.12. The minimum absolute atomic E-state index is 0. The highest BCUT2D eigenvalue weighted by molar-refractivity contribution is 14.0. The topological polar surface area (TPSA) is 67.2 Å². The van der Waals surface area contributed by atoms with Gasteiger partial charge in [0.2, 0.25) is 0 Å². The van der Waals surface area contributed by atoms with Crippen molar-refractivity contribution in [3.63, 3.8) is 0 Å². The van der Waals surface area contributed by atoms with E-state index in [9.17, 15) is 0 Å². The van der Waals surface area contributed by atoms with E-state index in [-0.39, 0.29) is 30.1 Å². The van der Waals surface area contributed by atoms with Crippen LogP contribution in [0.3, 0.4) is 0 Å². The second kappa shape index (κ2) is 11.9. The van der Waals surface area contributed by atoms with E-state index in [0.717, 1.165) is 57.4 Å². The molecule has 2 unspecified atom stereocenters. The van der Waals surface area contributed by atoms with E-state index in [0.29, 0.717) is 12.6 Å². The third-order valence-corrected chi connectivity index (χ3v) is 5.33. The molecule has 160 valence electrons. The molecule has 2 aliphatic heterocycles. The molecule has 0 radical (unpaired) electrons. The molecular formula is C19H35IN6O2. The van der Waals surface area contributed by atoms with Gasteiger partial charge < -0.3 is 19.7 Å². The number of guanidine groups is 1. The Morgan fingerprint density at radius 1 is 1.43 bits per heavy atom. The molecular weight excluding hydrogens is 471 g/mol. The summed E-state index contributed by atoms with van der Waals surface area (Å²) in [7, 11) is 3.70. The number of aromatic nitrogens is 2. The van der Waals surface area contributed by atoms with Gasteiger partial charge in [-0.3, -0.25) is 14.6 Å². The van der Waals surface area contributed by atoms with E-state index in [1.807, 2.05) is 24.1 Å². The van der Waals surface area contributed by atoms with Crippen molar-refractivity contribution in [1.29, 1.82) is 0 Å². The molecule has 1 aromatic rings. The van der Waals surface area contributed by atoms with Gasteiger partial charge in [-0.1, -0.05) is 0 Å². The molecule has 3 heterocycles. The van der Waals surface area contributed by atoms with E-state index in [2.05, 4.69) is 27.1 Å². The van der Waals surface area contributed by atoms with Gasteiger partial charge in [0, 0.05) is 51.6 Å². The first-order valence-corrected chi connectivity index (χ1v) is 10.1. The number of ether oxygens (including phenoxy) is 2. The fourth-order valence-corrected chi connectivity index (χ4v) is 3.87. The predicted molar refractivity (Wildman–Crippen MR) is 121 cm³/mol. The average Bonchev–Trinajstić information content (AvgIpc) is 3.32. The van der Waals surface area contributed by atoms with Gasteiger partial charge in [0.25, 0.3) is 0 Å². The van der Waals surface area contributed by atoms with Crippen molar-refractivity contribution in [2.24, 2.45) is 12.0 Å². The van der Waals surface area contributed by atoms with Crippen LogP contribution in [-0.4, -0.2) is 91.2 Å². The molecule has 0 aliphatic carbocycles. The molecule has 28 heavy (non-hydrogen) atoms. The van der Waals surface area contributed by atoms with Gasteiger partial charge in [-0.15, -0.1) is 24.0 Å². The summed E-state index contributed by atoms with van der Waals surface area (Å²) in [5, 5.41) is 7.74. The Balaban J connectivity index is 0.00000280. The maximum atomic E-state index is 5.98. The maximum absolute atomic E-state index is 5.98. The molecule has 3 rings (SSSR count). The highest BCUT2D eigenvalue weighted by Gasteiger charge is 2.27. The molecule has 2 aliphatic rings. The van der Waals surface area contributed by atoms with Crippen LogP contribution >= 0.6 is 24.0 Å². The number of morpholine rings is 1. The summed E-state index contributed by atoms with van der Waals surface area (Å²) >= 11 is 0. The van der Waals surface area contributed by atoms with Crippen LogP contribution in [-0.2, 0) is 16.5 Å². The number of nitrogens with one attached hydrogen (secondary N) is 1. The number of hydrogen-bond acceptors (Lipinski definition) is 5. The number of hydrogen-bond donors (Lipinski definition) is 1. The lowest BCUT2D eigenvalue weighted by Gasteiger charge is -2.35. The lowest BCUT2D eigenvalue weighted by Crippen LogP contribution is -2.48. The van der Waals surface area contributed by atoms with E-state index in [1.165, 1.54) is 12.8 Å². The number of nitrogens with zero attached hydrogens (tertiary/aromatic N) is 5. The number of aryl methyl sites for hydroxylation is 1. The van der Waals surface area contributed by atoms with E-state index in [1.54, 1.807) is 7.11 Å². The summed E-state index contributed by atoms with van der Waals surface area (Å²) in [6.07, 6.45) is 6.44. The lowest BCUT2D eigenvalue weighted by atomic mass is 10.1. The quantitative estimate of drug-likeness (QED) is 0.344. The van der Waals surface area contributed by atoms with E-state index < -0.39 is 0 Å². The van der Waals surface area contributed by atoms with Crippen molar-refractivity contribution in [1.82, 2.24) is 24.9 Å². The molecule has 0 spiro atoms. The van der Waals surface area contributed by atoms with Crippen LogP contribution in [0.4, 0.5) is 0 Å².